The van der Waals surface area contributed by atoms with E-state index in [0.717, 1.165) is 0 Å². The molecular formula is C17H16N2O5. The average Bonchev–Trinajstić information content (AvgIpc) is 2.50. The van der Waals surface area contributed by atoms with Gasteiger partial charge in [0.25, 0.3) is 0 Å². The van der Waals surface area contributed by atoms with Crippen LogP contribution < -0.4 is 20.1 Å². The Morgan fingerprint density at radius 1 is 0.708 bits per heavy atom. The first kappa shape index (κ1) is 17.0. The molecule has 2 N–H and O–H groups in total. The van der Waals surface area contributed by atoms with Gasteiger partial charge in [0.15, 0.2) is 11.5 Å². The number of para-hydroxylation sites is 4. The van der Waals surface area contributed by atoms with Gasteiger partial charge in [-0.15, -0.1) is 0 Å². The van der Waals surface area contributed by atoms with Gasteiger partial charge in [-0.3, -0.25) is 9.59 Å². The quantitative estimate of drug-likeness (QED) is 0.664. The number of anilines is 2. The minimum Gasteiger partial charge on any atom is -0.392 e. The summed E-state index contributed by atoms with van der Waals surface area (Å²) in [5.74, 6) is -0.296. The van der Waals surface area contributed by atoms with Gasteiger partial charge in [0.05, 0.1) is 11.4 Å². The van der Waals surface area contributed by atoms with Gasteiger partial charge in [-0.1, -0.05) is 24.3 Å². The van der Waals surface area contributed by atoms with Crippen molar-refractivity contribution in [2.24, 2.45) is 0 Å². The van der Waals surface area contributed by atoms with Crippen molar-refractivity contribution in [1.82, 2.24) is 0 Å². The summed E-state index contributed by atoms with van der Waals surface area (Å²) in [6, 6.07) is 12.9. The molecule has 124 valence electrons. The minimum absolute atomic E-state index is 0.148. The smallest absolute Gasteiger partial charge is 0.392 e. The van der Waals surface area contributed by atoms with Crippen molar-refractivity contribution in [3.8, 4) is 11.5 Å². The third kappa shape index (κ3) is 4.84. The Kier molecular flexibility index (Phi) is 5.51. The molecule has 7 nitrogen and oxygen atoms in total. The normalized spacial score (nSPS) is 9.75. The van der Waals surface area contributed by atoms with Gasteiger partial charge >= 0.3 is 6.16 Å². The molecule has 0 saturated heterocycles. The van der Waals surface area contributed by atoms with Gasteiger partial charge in [-0.2, -0.15) is 0 Å². The first-order valence-electron chi connectivity index (χ1n) is 7.08. The number of hydrogen-bond donors (Lipinski definition) is 2. The summed E-state index contributed by atoms with van der Waals surface area (Å²) in [4.78, 5) is 34.3. The fourth-order valence-electron chi connectivity index (χ4n) is 1.90. The predicted molar refractivity (Wildman–Crippen MR) is 88.1 cm³/mol. The van der Waals surface area contributed by atoms with Gasteiger partial charge in [0.2, 0.25) is 11.8 Å². The van der Waals surface area contributed by atoms with Crippen molar-refractivity contribution in [3.63, 3.8) is 0 Å². The fourth-order valence-corrected chi connectivity index (χ4v) is 1.90. The van der Waals surface area contributed by atoms with E-state index in [1.54, 1.807) is 36.4 Å². The first-order valence-corrected chi connectivity index (χ1v) is 7.08. The predicted octanol–water partition coefficient (Wildman–Crippen LogP) is 3.18. The Balaban J connectivity index is 2.12. The number of nitrogens with one attached hydrogen (secondary N) is 2. The summed E-state index contributed by atoms with van der Waals surface area (Å²) in [7, 11) is 0. The summed E-state index contributed by atoms with van der Waals surface area (Å²) < 4.78 is 10.2. The second kappa shape index (κ2) is 7.77. The lowest BCUT2D eigenvalue weighted by Crippen LogP contribution is -2.17. The van der Waals surface area contributed by atoms with Crippen LogP contribution in [0.25, 0.3) is 0 Å². The second-order valence-corrected chi connectivity index (χ2v) is 4.81. The van der Waals surface area contributed by atoms with Crippen molar-refractivity contribution < 1.29 is 23.9 Å². The van der Waals surface area contributed by atoms with Gasteiger partial charge < -0.3 is 20.1 Å². The van der Waals surface area contributed by atoms with E-state index in [9.17, 15) is 14.4 Å². The zero-order valence-electron chi connectivity index (χ0n) is 13.2. The maximum Gasteiger partial charge on any atom is 0.519 e. The summed E-state index contributed by atoms with van der Waals surface area (Å²) in [5.41, 5.74) is 0.689. The number of ether oxygens (including phenoxy) is 2. The summed E-state index contributed by atoms with van der Waals surface area (Å²) in [6.45, 7) is 2.69. The number of benzene rings is 2. The highest BCUT2D eigenvalue weighted by molar-refractivity contribution is 5.92. The number of rotatable bonds is 4. The zero-order valence-corrected chi connectivity index (χ0v) is 13.2. The van der Waals surface area contributed by atoms with Crippen LogP contribution in [-0.2, 0) is 9.59 Å². The van der Waals surface area contributed by atoms with Crippen molar-refractivity contribution >= 4 is 29.3 Å². The van der Waals surface area contributed by atoms with Crippen LogP contribution >= 0.6 is 0 Å². The molecule has 2 aromatic rings. The minimum atomic E-state index is -0.995. The van der Waals surface area contributed by atoms with Gasteiger partial charge in [0.1, 0.15) is 0 Å². The van der Waals surface area contributed by atoms with Crippen LogP contribution in [0.15, 0.2) is 48.5 Å². The largest absolute Gasteiger partial charge is 0.519 e. The molecule has 0 atom stereocenters. The monoisotopic (exact) mass is 328 g/mol. The molecule has 0 aliphatic rings. The summed E-state index contributed by atoms with van der Waals surface area (Å²) >= 11 is 0. The molecule has 24 heavy (non-hydrogen) atoms. The molecule has 0 aliphatic carbocycles. The number of carbonyl (C=O) groups is 3. The maximum absolute atomic E-state index is 12.0. The molecule has 0 aliphatic heterocycles. The highest BCUT2D eigenvalue weighted by atomic mass is 16.7. The SMILES string of the molecule is CC(=O)Nc1ccccc1OC(=O)Oc1ccccc1NC(C)=O. The Labute approximate surface area is 138 Å². The van der Waals surface area contributed by atoms with Gasteiger partial charge in [-0.05, 0) is 24.3 Å². The molecule has 0 unspecified atom stereocenters. The molecule has 0 radical (unpaired) electrons. The van der Waals surface area contributed by atoms with E-state index in [4.69, 9.17) is 9.47 Å². The number of hydrogen-bond acceptors (Lipinski definition) is 5. The van der Waals surface area contributed by atoms with Crippen molar-refractivity contribution in [1.29, 1.82) is 0 Å². The van der Waals surface area contributed by atoms with Crippen LogP contribution in [0.2, 0.25) is 0 Å². The third-order valence-corrected chi connectivity index (χ3v) is 2.78. The van der Waals surface area contributed by atoms with Gasteiger partial charge in [-0.25, -0.2) is 4.79 Å². The van der Waals surface area contributed by atoms with E-state index in [-0.39, 0.29) is 23.3 Å². The molecule has 7 heteroatoms. The van der Waals surface area contributed by atoms with Crippen LogP contribution in [-0.4, -0.2) is 18.0 Å². The van der Waals surface area contributed by atoms with Crippen molar-refractivity contribution in [2.45, 2.75) is 13.8 Å². The highest BCUT2D eigenvalue weighted by Gasteiger charge is 2.14. The van der Waals surface area contributed by atoms with Crippen LogP contribution in [0.5, 0.6) is 11.5 Å². The molecule has 0 aromatic heterocycles. The van der Waals surface area contributed by atoms with Crippen LogP contribution in [0.1, 0.15) is 13.8 Å². The van der Waals surface area contributed by atoms with Crippen molar-refractivity contribution in [2.75, 3.05) is 10.6 Å². The van der Waals surface area contributed by atoms with E-state index < -0.39 is 6.16 Å². The first-order chi connectivity index (χ1) is 11.5. The van der Waals surface area contributed by atoms with Gasteiger partial charge in [0, 0.05) is 13.8 Å². The Morgan fingerprint density at radius 2 is 1.08 bits per heavy atom. The molecular weight excluding hydrogens is 312 g/mol. The summed E-state index contributed by atoms with van der Waals surface area (Å²) in [6.07, 6.45) is -0.995. The molecule has 0 spiro atoms. The lowest BCUT2D eigenvalue weighted by molar-refractivity contribution is -0.115. The Bertz CT molecular complexity index is 710. The molecule has 0 heterocycles. The maximum atomic E-state index is 12.0. The van der Waals surface area contributed by atoms with E-state index in [0.29, 0.717) is 11.4 Å². The fraction of sp³-hybridized carbons (Fsp3) is 0.118. The lowest BCUT2D eigenvalue weighted by atomic mass is 10.3. The molecule has 2 rings (SSSR count). The number of amides is 2. The Hall–Kier alpha value is -3.35. The highest BCUT2D eigenvalue weighted by Crippen LogP contribution is 2.27. The van der Waals surface area contributed by atoms with E-state index in [1.807, 2.05) is 0 Å². The molecule has 2 amide bonds. The van der Waals surface area contributed by atoms with Crippen LogP contribution in [0, 0.1) is 0 Å². The Morgan fingerprint density at radius 3 is 1.46 bits per heavy atom. The lowest BCUT2D eigenvalue weighted by Gasteiger charge is -2.12. The molecule has 0 bridgehead atoms. The second-order valence-electron chi connectivity index (χ2n) is 4.81. The van der Waals surface area contributed by atoms with Crippen LogP contribution in [0.4, 0.5) is 16.2 Å². The molecule has 0 fully saturated rings. The van der Waals surface area contributed by atoms with Crippen LogP contribution in [0.3, 0.4) is 0 Å². The number of carbonyl (C=O) groups excluding carboxylic acids is 3. The third-order valence-electron chi connectivity index (χ3n) is 2.78. The summed E-state index contributed by atoms with van der Waals surface area (Å²) in [5, 5.41) is 5.10. The van der Waals surface area contributed by atoms with E-state index in [2.05, 4.69) is 10.6 Å². The average molecular weight is 328 g/mol. The molecule has 0 saturated carbocycles. The standard InChI is InChI=1S/C17H16N2O5/c1-11(20)18-13-7-3-5-9-15(13)23-17(22)24-16-10-6-4-8-14(16)19-12(2)21/h3-10H,1-2H3,(H,18,20)(H,19,21). The van der Waals surface area contributed by atoms with Crippen molar-refractivity contribution in [3.05, 3.63) is 48.5 Å². The molecule has 2 aromatic carbocycles. The topological polar surface area (TPSA) is 93.7 Å². The van der Waals surface area contributed by atoms with E-state index in [1.165, 1.54) is 26.0 Å². The zero-order chi connectivity index (χ0) is 17.5. The van der Waals surface area contributed by atoms with E-state index >= 15 is 0 Å².